The van der Waals surface area contributed by atoms with Gasteiger partial charge in [-0.15, -0.1) is 5.10 Å². The predicted octanol–water partition coefficient (Wildman–Crippen LogP) is 1.66. The summed E-state index contributed by atoms with van der Waals surface area (Å²) in [5.41, 5.74) is 1.73. The lowest BCUT2D eigenvalue weighted by Gasteiger charge is -2.33. The van der Waals surface area contributed by atoms with Crippen LogP contribution in [0.3, 0.4) is 0 Å². The van der Waals surface area contributed by atoms with E-state index in [2.05, 4.69) is 35.8 Å². The molecular formula is C18H19N7O. The number of hydrogen-bond acceptors (Lipinski definition) is 6. The lowest BCUT2D eigenvalue weighted by molar-refractivity contribution is 0.0928. The average Bonchev–Trinajstić information content (AvgIpc) is 3.20. The summed E-state index contributed by atoms with van der Waals surface area (Å²) in [5, 5.41) is 21.9. The summed E-state index contributed by atoms with van der Waals surface area (Å²) in [6, 6.07) is 13.4. The maximum absolute atomic E-state index is 12.7. The molecule has 0 aliphatic carbocycles. The van der Waals surface area contributed by atoms with E-state index in [1.54, 1.807) is 6.20 Å². The molecule has 2 aromatic heterocycles. The number of carbonyl (C=O) groups excluding carboxylic acids is 1. The standard InChI is InChI=1S/C18H19N7O/c26-18(17-16(22-24-23-17)13-6-2-1-3-7-13)20-14-8-5-11-25(12-14)15-9-4-10-19-21-15/h1-4,6-7,9-10,14H,5,8,11-12H2,(H,20,26)(H,22,23,24). The van der Waals surface area contributed by atoms with Crippen molar-refractivity contribution in [1.82, 2.24) is 30.9 Å². The molecule has 1 fully saturated rings. The predicted molar refractivity (Wildman–Crippen MR) is 96.6 cm³/mol. The number of aromatic nitrogens is 5. The van der Waals surface area contributed by atoms with Crippen molar-refractivity contribution < 1.29 is 4.79 Å². The summed E-state index contributed by atoms with van der Waals surface area (Å²) in [7, 11) is 0. The van der Waals surface area contributed by atoms with E-state index in [9.17, 15) is 4.79 Å². The third kappa shape index (κ3) is 3.39. The molecule has 3 heterocycles. The number of rotatable bonds is 4. The van der Waals surface area contributed by atoms with Gasteiger partial charge in [0.05, 0.1) is 0 Å². The van der Waals surface area contributed by atoms with Crippen LogP contribution in [0.5, 0.6) is 0 Å². The van der Waals surface area contributed by atoms with Crippen LogP contribution >= 0.6 is 0 Å². The molecule has 1 atom stereocenters. The second-order valence-corrected chi connectivity index (χ2v) is 6.23. The molecule has 3 aromatic rings. The number of H-pyrrole nitrogens is 1. The van der Waals surface area contributed by atoms with E-state index in [1.165, 1.54) is 0 Å². The van der Waals surface area contributed by atoms with Gasteiger partial charge in [0.15, 0.2) is 11.5 Å². The topological polar surface area (TPSA) is 99.7 Å². The Hall–Kier alpha value is -3.29. The summed E-state index contributed by atoms with van der Waals surface area (Å²) >= 11 is 0. The SMILES string of the molecule is O=C(NC1CCCN(c2cccnn2)C1)c1n[nH]nc1-c1ccccc1. The fourth-order valence-corrected chi connectivity index (χ4v) is 3.21. The van der Waals surface area contributed by atoms with Gasteiger partial charge in [-0.1, -0.05) is 30.3 Å². The van der Waals surface area contributed by atoms with E-state index in [1.807, 2.05) is 42.5 Å². The molecule has 8 heteroatoms. The van der Waals surface area contributed by atoms with Crippen LogP contribution in [0.4, 0.5) is 5.82 Å². The van der Waals surface area contributed by atoms with Crippen LogP contribution in [0.1, 0.15) is 23.3 Å². The molecular weight excluding hydrogens is 330 g/mol. The molecule has 26 heavy (non-hydrogen) atoms. The van der Waals surface area contributed by atoms with Crippen LogP contribution in [0.25, 0.3) is 11.3 Å². The van der Waals surface area contributed by atoms with Crippen molar-refractivity contribution in [3.8, 4) is 11.3 Å². The van der Waals surface area contributed by atoms with Crippen molar-refractivity contribution in [2.75, 3.05) is 18.0 Å². The van der Waals surface area contributed by atoms with Crippen molar-refractivity contribution in [1.29, 1.82) is 0 Å². The normalized spacial score (nSPS) is 17.1. The molecule has 1 amide bonds. The Kier molecular flexibility index (Phi) is 4.55. The third-order valence-electron chi connectivity index (χ3n) is 4.45. The number of piperidine rings is 1. The van der Waals surface area contributed by atoms with Crippen LogP contribution in [-0.2, 0) is 0 Å². The highest BCUT2D eigenvalue weighted by atomic mass is 16.2. The molecule has 0 spiro atoms. The Morgan fingerprint density at radius 1 is 1.15 bits per heavy atom. The Morgan fingerprint density at radius 2 is 2.04 bits per heavy atom. The lowest BCUT2D eigenvalue weighted by atomic mass is 10.0. The fraction of sp³-hybridized carbons (Fsp3) is 0.278. The molecule has 1 unspecified atom stereocenters. The summed E-state index contributed by atoms with van der Waals surface area (Å²) in [6.45, 7) is 1.60. The number of nitrogens with one attached hydrogen (secondary N) is 2. The largest absolute Gasteiger partial charge is 0.353 e. The smallest absolute Gasteiger partial charge is 0.274 e. The van der Waals surface area contributed by atoms with E-state index in [0.29, 0.717) is 17.9 Å². The number of nitrogens with zero attached hydrogens (tertiary/aromatic N) is 5. The van der Waals surface area contributed by atoms with E-state index in [4.69, 9.17) is 0 Å². The number of hydrogen-bond donors (Lipinski definition) is 2. The molecule has 132 valence electrons. The minimum Gasteiger partial charge on any atom is -0.353 e. The van der Waals surface area contributed by atoms with Crippen molar-refractivity contribution >= 4 is 11.7 Å². The monoisotopic (exact) mass is 349 g/mol. The van der Waals surface area contributed by atoms with Crippen molar-refractivity contribution in [3.63, 3.8) is 0 Å². The van der Waals surface area contributed by atoms with Crippen LogP contribution in [0, 0.1) is 0 Å². The third-order valence-corrected chi connectivity index (χ3v) is 4.45. The summed E-state index contributed by atoms with van der Waals surface area (Å²) in [6.07, 6.45) is 3.55. The zero-order valence-corrected chi connectivity index (χ0v) is 14.2. The van der Waals surface area contributed by atoms with Gasteiger partial charge < -0.3 is 10.2 Å². The molecule has 0 saturated carbocycles. The highest BCUT2D eigenvalue weighted by Crippen LogP contribution is 2.20. The minimum atomic E-state index is -0.219. The van der Waals surface area contributed by atoms with E-state index >= 15 is 0 Å². The Bertz CT molecular complexity index is 866. The Labute approximate surface area is 150 Å². The van der Waals surface area contributed by atoms with E-state index in [0.717, 1.165) is 30.8 Å². The molecule has 8 nitrogen and oxygen atoms in total. The van der Waals surface area contributed by atoms with Gasteiger partial charge in [0.1, 0.15) is 5.69 Å². The maximum atomic E-state index is 12.7. The molecule has 1 aromatic carbocycles. The summed E-state index contributed by atoms with van der Waals surface area (Å²) < 4.78 is 0. The van der Waals surface area contributed by atoms with Gasteiger partial charge in [-0.05, 0) is 25.0 Å². The maximum Gasteiger partial charge on any atom is 0.274 e. The van der Waals surface area contributed by atoms with Crippen LogP contribution in [0.2, 0.25) is 0 Å². The highest BCUT2D eigenvalue weighted by Gasteiger charge is 2.25. The van der Waals surface area contributed by atoms with Gasteiger partial charge in [-0.25, -0.2) is 0 Å². The number of amides is 1. The molecule has 1 aliphatic heterocycles. The van der Waals surface area contributed by atoms with Gasteiger partial charge >= 0.3 is 0 Å². The van der Waals surface area contributed by atoms with Gasteiger partial charge in [0.25, 0.3) is 5.91 Å². The summed E-state index contributed by atoms with van der Waals surface area (Å²) in [4.78, 5) is 14.9. The quantitative estimate of drug-likeness (QED) is 0.743. The first kappa shape index (κ1) is 16.2. The second-order valence-electron chi connectivity index (χ2n) is 6.23. The van der Waals surface area contributed by atoms with Gasteiger partial charge in [-0.2, -0.15) is 20.5 Å². The van der Waals surface area contributed by atoms with Crippen LogP contribution in [0.15, 0.2) is 48.7 Å². The number of anilines is 1. The van der Waals surface area contributed by atoms with Gasteiger partial charge in [-0.3, -0.25) is 4.79 Å². The first-order valence-corrected chi connectivity index (χ1v) is 8.61. The van der Waals surface area contributed by atoms with Crippen molar-refractivity contribution in [3.05, 3.63) is 54.4 Å². The second kappa shape index (κ2) is 7.30. The molecule has 4 rings (SSSR count). The fourth-order valence-electron chi connectivity index (χ4n) is 3.21. The van der Waals surface area contributed by atoms with Crippen LogP contribution in [-0.4, -0.2) is 50.6 Å². The van der Waals surface area contributed by atoms with Crippen molar-refractivity contribution in [2.24, 2.45) is 0 Å². The zero-order valence-electron chi connectivity index (χ0n) is 14.2. The Morgan fingerprint density at radius 3 is 2.85 bits per heavy atom. The average molecular weight is 349 g/mol. The number of benzene rings is 1. The molecule has 1 saturated heterocycles. The zero-order chi connectivity index (χ0) is 17.8. The van der Waals surface area contributed by atoms with Gasteiger partial charge in [0, 0.05) is 30.9 Å². The number of carbonyl (C=O) groups is 1. The van der Waals surface area contributed by atoms with E-state index in [-0.39, 0.29) is 11.9 Å². The molecule has 0 bridgehead atoms. The minimum absolute atomic E-state index is 0.0265. The van der Waals surface area contributed by atoms with Gasteiger partial charge in [0.2, 0.25) is 0 Å². The molecule has 0 radical (unpaired) electrons. The number of aromatic amines is 1. The first-order chi connectivity index (χ1) is 12.8. The first-order valence-electron chi connectivity index (χ1n) is 8.61. The lowest BCUT2D eigenvalue weighted by Crippen LogP contribution is -2.48. The Balaban J connectivity index is 1.46. The van der Waals surface area contributed by atoms with E-state index < -0.39 is 0 Å². The molecule has 2 N–H and O–H groups in total. The van der Waals surface area contributed by atoms with Crippen molar-refractivity contribution in [2.45, 2.75) is 18.9 Å². The van der Waals surface area contributed by atoms with Crippen LogP contribution < -0.4 is 10.2 Å². The molecule has 1 aliphatic rings. The summed E-state index contributed by atoms with van der Waals surface area (Å²) in [5.74, 6) is 0.612. The highest BCUT2D eigenvalue weighted by molar-refractivity contribution is 5.98.